The lowest BCUT2D eigenvalue weighted by atomic mass is 10.1. The number of rotatable bonds is 8. The highest BCUT2D eigenvalue weighted by atomic mass is 16.5. The number of carboxylic acids is 1. The van der Waals surface area contributed by atoms with Crippen LogP contribution >= 0.6 is 0 Å². The lowest BCUT2D eigenvalue weighted by Gasteiger charge is -2.16. The Bertz CT molecular complexity index is 345. The molecular weight excluding hydrogens is 252 g/mol. The number of hydrogen-bond acceptors (Lipinski definition) is 4. The summed E-state index contributed by atoms with van der Waals surface area (Å²) in [5.74, 6) is -1.97. The molecule has 0 aromatic heterocycles. The monoisotopic (exact) mass is 272 g/mol. The molecule has 0 radical (unpaired) electrons. The summed E-state index contributed by atoms with van der Waals surface area (Å²) in [4.78, 5) is 35.3. The normalized spacial score (nSPS) is 18.7. The maximum Gasteiger partial charge on any atom is 0.322 e. The number of likely N-dealkylation sites (tertiary alicyclic amines) is 1. The van der Waals surface area contributed by atoms with E-state index in [1.54, 1.807) is 4.90 Å². The number of carbonyl (C=O) groups is 3. The van der Waals surface area contributed by atoms with Crippen molar-refractivity contribution >= 4 is 17.8 Å². The first-order valence-corrected chi connectivity index (χ1v) is 6.39. The van der Waals surface area contributed by atoms with E-state index in [1.165, 1.54) is 0 Å². The smallest absolute Gasteiger partial charge is 0.322 e. The van der Waals surface area contributed by atoms with Gasteiger partial charge >= 0.3 is 5.97 Å². The highest BCUT2D eigenvalue weighted by Gasteiger charge is 2.33. The largest absolute Gasteiger partial charge is 0.480 e. The molecule has 0 aromatic rings. The molecule has 7 heteroatoms. The molecule has 0 aromatic carbocycles. The summed E-state index contributed by atoms with van der Waals surface area (Å²) >= 11 is 0. The van der Waals surface area contributed by atoms with E-state index < -0.39 is 18.4 Å². The zero-order chi connectivity index (χ0) is 14.3. The first-order chi connectivity index (χ1) is 9.04. The molecular formula is C12H20N2O5. The van der Waals surface area contributed by atoms with Crippen molar-refractivity contribution in [1.29, 1.82) is 0 Å². The number of nitrogens with one attached hydrogen (secondary N) is 1. The van der Waals surface area contributed by atoms with Crippen LogP contribution in [-0.4, -0.2) is 60.6 Å². The molecule has 1 rings (SSSR count). The van der Waals surface area contributed by atoms with Gasteiger partial charge in [0, 0.05) is 32.7 Å². The number of amides is 2. The molecule has 2 N–H and O–H groups in total. The highest BCUT2D eigenvalue weighted by Crippen LogP contribution is 2.18. The third kappa shape index (κ3) is 5.25. The molecule has 1 saturated heterocycles. The van der Waals surface area contributed by atoms with E-state index in [1.807, 2.05) is 6.92 Å². The second-order valence-electron chi connectivity index (χ2n) is 4.40. The van der Waals surface area contributed by atoms with Crippen molar-refractivity contribution in [2.45, 2.75) is 19.8 Å². The Morgan fingerprint density at radius 1 is 1.53 bits per heavy atom. The molecule has 1 heterocycles. The maximum absolute atomic E-state index is 11.7. The van der Waals surface area contributed by atoms with Crippen LogP contribution in [-0.2, 0) is 19.1 Å². The molecule has 19 heavy (non-hydrogen) atoms. The Morgan fingerprint density at radius 3 is 2.89 bits per heavy atom. The summed E-state index contributed by atoms with van der Waals surface area (Å²) in [7, 11) is 0. The zero-order valence-electron chi connectivity index (χ0n) is 11.1. The highest BCUT2D eigenvalue weighted by molar-refractivity contribution is 5.90. The fourth-order valence-electron chi connectivity index (χ4n) is 1.97. The van der Waals surface area contributed by atoms with Crippen LogP contribution in [0, 0.1) is 5.92 Å². The number of ether oxygens (including phenoxy) is 1. The molecule has 1 unspecified atom stereocenters. The molecule has 1 aliphatic rings. The molecule has 1 aliphatic heterocycles. The Morgan fingerprint density at radius 2 is 2.26 bits per heavy atom. The number of nitrogens with zero attached hydrogens (tertiary/aromatic N) is 1. The SMILES string of the molecule is CCOCCCN1CC(C(=O)NCC(=O)O)CC1=O. The predicted molar refractivity (Wildman–Crippen MR) is 66.4 cm³/mol. The van der Waals surface area contributed by atoms with E-state index in [0.29, 0.717) is 26.3 Å². The summed E-state index contributed by atoms with van der Waals surface area (Å²) in [6.45, 7) is 3.67. The summed E-state index contributed by atoms with van der Waals surface area (Å²) in [6.07, 6.45) is 0.892. The topological polar surface area (TPSA) is 95.9 Å². The Balaban J connectivity index is 2.31. The molecule has 0 saturated carbocycles. The number of carbonyl (C=O) groups excluding carboxylic acids is 2. The van der Waals surface area contributed by atoms with E-state index >= 15 is 0 Å². The number of aliphatic carboxylic acids is 1. The van der Waals surface area contributed by atoms with Gasteiger partial charge in [-0.25, -0.2) is 0 Å². The summed E-state index contributed by atoms with van der Waals surface area (Å²) in [5, 5.41) is 10.8. The third-order valence-corrected chi connectivity index (χ3v) is 2.92. The van der Waals surface area contributed by atoms with Gasteiger partial charge in [-0.3, -0.25) is 14.4 Å². The number of hydrogen-bond donors (Lipinski definition) is 2. The quantitative estimate of drug-likeness (QED) is 0.579. The second kappa shape index (κ2) is 7.73. The van der Waals surface area contributed by atoms with E-state index in [2.05, 4.69) is 5.32 Å². The van der Waals surface area contributed by atoms with Crippen LogP contribution in [0.25, 0.3) is 0 Å². The summed E-state index contributed by atoms with van der Waals surface area (Å²) in [6, 6.07) is 0. The van der Waals surface area contributed by atoms with Crippen molar-refractivity contribution < 1.29 is 24.2 Å². The van der Waals surface area contributed by atoms with E-state index in [4.69, 9.17) is 9.84 Å². The van der Waals surface area contributed by atoms with Crippen LogP contribution in [0.1, 0.15) is 19.8 Å². The lowest BCUT2D eigenvalue weighted by molar-refractivity contribution is -0.138. The van der Waals surface area contributed by atoms with Crippen LogP contribution in [0.2, 0.25) is 0 Å². The lowest BCUT2D eigenvalue weighted by Crippen LogP contribution is -2.36. The van der Waals surface area contributed by atoms with E-state index in [0.717, 1.165) is 6.42 Å². The third-order valence-electron chi connectivity index (χ3n) is 2.92. The van der Waals surface area contributed by atoms with Crippen molar-refractivity contribution in [2.24, 2.45) is 5.92 Å². The average molecular weight is 272 g/mol. The second-order valence-corrected chi connectivity index (χ2v) is 4.40. The first kappa shape index (κ1) is 15.4. The zero-order valence-corrected chi connectivity index (χ0v) is 11.1. The summed E-state index contributed by atoms with van der Waals surface area (Å²) < 4.78 is 5.19. The minimum Gasteiger partial charge on any atom is -0.480 e. The molecule has 1 fully saturated rings. The van der Waals surface area contributed by atoms with Gasteiger partial charge in [0.15, 0.2) is 0 Å². The molecule has 0 aliphatic carbocycles. The molecule has 1 atom stereocenters. The van der Waals surface area contributed by atoms with Gasteiger partial charge < -0.3 is 20.1 Å². The molecule has 2 amide bonds. The van der Waals surface area contributed by atoms with Crippen molar-refractivity contribution in [2.75, 3.05) is 32.8 Å². The summed E-state index contributed by atoms with van der Waals surface area (Å²) in [5.41, 5.74) is 0. The average Bonchev–Trinajstić information content (AvgIpc) is 2.73. The van der Waals surface area contributed by atoms with Crippen molar-refractivity contribution in [3.05, 3.63) is 0 Å². The number of carboxylic acid groups (broad SMARTS) is 1. The van der Waals surface area contributed by atoms with Gasteiger partial charge in [0.2, 0.25) is 11.8 Å². The van der Waals surface area contributed by atoms with Gasteiger partial charge in [-0.05, 0) is 13.3 Å². The molecule has 108 valence electrons. The standard InChI is InChI=1S/C12H20N2O5/c1-2-19-5-3-4-14-8-9(6-10(14)15)12(18)13-7-11(16)17/h9H,2-8H2,1H3,(H,13,18)(H,16,17). The van der Waals surface area contributed by atoms with E-state index in [-0.39, 0.29) is 18.2 Å². The van der Waals surface area contributed by atoms with Crippen molar-refractivity contribution in [3.8, 4) is 0 Å². The minimum atomic E-state index is -1.09. The van der Waals surface area contributed by atoms with Crippen LogP contribution in [0.5, 0.6) is 0 Å². The fraction of sp³-hybridized carbons (Fsp3) is 0.750. The van der Waals surface area contributed by atoms with Gasteiger partial charge in [0.05, 0.1) is 5.92 Å². The van der Waals surface area contributed by atoms with Crippen molar-refractivity contribution in [3.63, 3.8) is 0 Å². The van der Waals surface area contributed by atoms with Gasteiger partial charge in [-0.15, -0.1) is 0 Å². The first-order valence-electron chi connectivity index (χ1n) is 6.39. The molecule has 0 bridgehead atoms. The van der Waals surface area contributed by atoms with Gasteiger partial charge in [-0.1, -0.05) is 0 Å². The van der Waals surface area contributed by atoms with Crippen molar-refractivity contribution in [1.82, 2.24) is 10.2 Å². The minimum absolute atomic E-state index is 0.0630. The van der Waals surface area contributed by atoms with E-state index in [9.17, 15) is 14.4 Å². The molecule has 7 nitrogen and oxygen atoms in total. The van der Waals surface area contributed by atoms with Crippen LogP contribution < -0.4 is 5.32 Å². The Kier molecular flexibility index (Phi) is 6.27. The maximum atomic E-state index is 11.7. The van der Waals surface area contributed by atoms with Gasteiger partial charge in [0.25, 0.3) is 0 Å². The van der Waals surface area contributed by atoms with Crippen LogP contribution in [0.3, 0.4) is 0 Å². The molecule has 0 spiro atoms. The van der Waals surface area contributed by atoms with Gasteiger partial charge in [0.1, 0.15) is 6.54 Å². The predicted octanol–water partition coefficient (Wildman–Crippen LogP) is -0.538. The van der Waals surface area contributed by atoms with Crippen LogP contribution in [0.15, 0.2) is 0 Å². The van der Waals surface area contributed by atoms with Crippen LogP contribution in [0.4, 0.5) is 0 Å². The Hall–Kier alpha value is -1.63. The Labute approximate surface area is 111 Å². The van der Waals surface area contributed by atoms with Gasteiger partial charge in [-0.2, -0.15) is 0 Å². The fourth-order valence-corrected chi connectivity index (χ4v) is 1.97.